The average Bonchev–Trinajstić information content (AvgIpc) is 2.11. The normalized spacial score (nSPS) is 21.0. The second kappa shape index (κ2) is 4.39. The maximum absolute atomic E-state index is 11.2. The van der Waals surface area contributed by atoms with E-state index >= 15 is 0 Å². The average molecular weight is 202 g/mol. The highest BCUT2D eigenvalue weighted by Crippen LogP contribution is 2.01. The van der Waals surface area contributed by atoms with Crippen molar-refractivity contribution in [3.8, 4) is 0 Å². The summed E-state index contributed by atoms with van der Waals surface area (Å²) in [5.41, 5.74) is 0. The van der Waals surface area contributed by atoms with Crippen LogP contribution in [0, 0.1) is 0 Å². The fraction of sp³-hybridized carbons (Fsp3) is 0.750. The van der Waals surface area contributed by atoms with E-state index in [1.165, 1.54) is 0 Å². The van der Waals surface area contributed by atoms with Crippen molar-refractivity contribution in [2.24, 2.45) is 0 Å². The van der Waals surface area contributed by atoms with Crippen LogP contribution >= 0.6 is 0 Å². The van der Waals surface area contributed by atoms with E-state index in [1.807, 2.05) is 0 Å². The van der Waals surface area contributed by atoms with Crippen LogP contribution in [0.15, 0.2) is 0 Å². The lowest BCUT2D eigenvalue weighted by Crippen LogP contribution is -2.51. The van der Waals surface area contributed by atoms with Gasteiger partial charge < -0.3 is 15.1 Å². The smallest absolute Gasteiger partial charge is 0.333 e. The molecule has 2 N–H and O–H groups in total. The fourth-order valence-corrected chi connectivity index (χ4v) is 1.29. The van der Waals surface area contributed by atoms with Crippen molar-refractivity contribution in [1.29, 1.82) is 0 Å². The van der Waals surface area contributed by atoms with Crippen LogP contribution in [0.5, 0.6) is 0 Å². The van der Waals surface area contributed by atoms with E-state index < -0.39 is 12.1 Å². The third kappa shape index (κ3) is 2.68. The Kier molecular flexibility index (Phi) is 3.43. The summed E-state index contributed by atoms with van der Waals surface area (Å²) in [5, 5.41) is 17.5. The zero-order valence-electron chi connectivity index (χ0n) is 8.01. The molecule has 1 aliphatic heterocycles. The molecule has 0 saturated carbocycles. The second-order valence-corrected chi connectivity index (χ2v) is 3.40. The molecule has 0 radical (unpaired) electrons. The van der Waals surface area contributed by atoms with Gasteiger partial charge in [0.1, 0.15) is 0 Å². The van der Waals surface area contributed by atoms with Crippen molar-refractivity contribution in [3.05, 3.63) is 0 Å². The lowest BCUT2D eigenvalue weighted by atomic mass is 10.2. The van der Waals surface area contributed by atoms with Crippen molar-refractivity contribution in [2.75, 3.05) is 33.2 Å². The minimum absolute atomic E-state index is 0.00884. The Morgan fingerprint density at radius 1 is 1.57 bits per heavy atom. The van der Waals surface area contributed by atoms with Gasteiger partial charge in [-0.1, -0.05) is 0 Å². The summed E-state index contributed by atoms with van der Waals surface area (Å²) in [5.74, 6) is -1.30. The van der Waals surface area contributed by atoms with Gasteiger partial charge >= 0.3 is 5.97 Å². The number of aliphatic carboxylic acids is 1. The predicted octanol–water partition coefficient (Wildman–Crippen LogP) is -1.79. The van der Waals surface area contributed by atoms with Gasteiger partial charge in [-0.05, 0) is 0 Å². The molecule has 0 aromatic rings. The number of carboxylic acids is 1. The summed E-state index contributed by atoms with van der Waals surface area (Å²) in [6.07, 6.45) is -1.41. The summed E-state index contributed by atoms with van der Waals surface area (Å²) in [4.78, 5) is 24.8. The lowest BCUT2D eigenvalue weighted by Gasteiger charge is -2.32. The first kappa shape index (κ1) is 10.9. The van der Waals surface area contributed by atoms with E-state index in [-0.39, 0.29) is 19.0 Å². The highest BCUT2D eigenvalue weighted by Gasteiger charge is 2.24. The molecule has 0 aromatic heterocycles. The molecule has 1 saturated heterocycles. The number of rotatable bonds is 3. The molecule has 6 heteroatoms. The number of β-amino-alcohol motifs (C(OH)–C–C–N with tert-alkyl or cyclic N) is 1. The summed E-state index contributed by atoms with van der Waals surface area (Å²) in [6, 6.07) is 0. The van der Waals surface area contributed by atoms with Gasteiger partial charge in [0, 0.05) is 26.7 Å². The van der Waals surface area contributed by atoms with Gasteiger partial charge in [0.2, 0.25) is 5.91 Å². The molecule has 0 bridgehead atoms. The number of nitrogens with zero attached hydrogens (tertiary/aromatic N) is 2. The molecule has 1 amide bonds. The highest BCUT2D eigenvalue weighted by atomic mass is 16.4. The number of piperazine rings is 1. The Balaban J connectivity index is 2.40. The fourth-order valence-electron chi connectivity index (χ4n) is 1.29. The van der Waals surface area contributed by atoms with Gasteiger partial charge in [0.05, 0.1) is 6.54 Å². The minimum Gasteiger partial charge on any atom is -0.479 e. The monoisotopic (exact) mass is 202 g/mol. The van der Waals surface area contributed by atoms with Crippen LogP contribution in [0.25, 0.3) is 0 Å². The molecule has 14 heavy (non-hydrogen) atoms. The largest absolute Gasteiger partial charge is 0.479 e. The molecular formula is C8H14N2O4. The van der Waals surface area contributed by atoms with Gasteiger partial charge in [-0.25, -0.2) is 4.79 Å². The number of aliphatic hydroxyl groups is 1. The van der Waals surface area contributed by atoms with Gasteiger partial charge in [-0.3, -0.25) is 9.69 Å². The number of amides is 1. The first-order valence-electron chi connectivity index (χ1n) is 4.38. The summed E-state index contributed by atoms with van der Waals surface area (Å²) in [6.45, 7) is 1.37. The predicted molar refractivity (Wildman–Crippen MR) is 47.7 cm³/mol. The van der Waals surface area contributed by atoms with E-state index in [0.717, 1.165) is 0 Å². The van der Waals surface area contributed by atoms with Gasteiger partial charge in [-0.15, -0.1) is 0 Å². The highest BCUT2D eigenvalue weighted by molar-refractivity contribution is 5.79. The van der Waals surface area contributed by atoms with Crippen molar-refractivity contribution in [2.45, 2.75) is 6.10 Å². The van der Waals surface area contributed by atoms with Crippen LogP contribution in [0.3, 0.4) is 0 Å². The molecule has 1 atom stereocenters. The topological polar surface area (TPSA) is 81.1 Å². The number of likely N-dealkylation sites (N-methyl/N-ethyl adjacent to an activating group) is 1. The Hall–Kier alpha value is -1.14. The van der Waals surface area contributed by atoms with Crippen molar-refractivity contribution < 1.29 is 19.8 Å². The maximum Gasteiger partial charge on any atom is 0.333 e. The number of carbonyl (C=O) groups excluding carboxylic acids is 1. The molecule has 0 aromatic carbocycles. The SMILES string of the molecule is CN1CCN(CC(O)C(=O)O)CC1=O. The van der Waals surface area contributed by atoms with Crippen LogP contribution < -0.4 is 0 Å². The molecule has 1 aliphatic rings. The Morgan fingerprint density at radius 3 is 2.71 bits per heavy atom. The maximum atomic E-state index is 11.2. The van der Waals surface area contributed by atoms with Crippen LogP contribution in [0.4, 0.5) is 0 Å². The zero-order chi connectivity index (χ0) is 10.7. The van der Waals surface area contributed by atoms with Crippen LogP contribution in [-0.2, 0) is 9.59 Å². The van der Waals surface area contributed by atoms with Gasteiger partial charge in [-0.2, -0.15) is 0 Å². The first-order chi connectivity index (χ1) is 6.50. The van der Waals surface area contributed by atoms with Gasteiger partial charge in [0.15, 0.2) is 6.10 Å². The molecule has 0 aliphatic carbocycles. The first-order valence-corrected chi connectivity index (χ1v) is 4.38. The number of carbonyl (C=O) groups is 2. The van der Waals surface area contributed by atoms with Crippen LogP contribution in [0.1, 0.15) is 0 Å². The van der Waals surface area contributed by atoms with E-state index in [2.05, 4.69) is 0 Å². The molecule has 1 unspecified atom stereocenters. The third-order valence-corrected chi connectivity index (χ3v) is 2.25. The Morgan fingerprint density at radius 2 is 2.21 bits per heavy atom. The molecule has 1 rings (SSSR count). The number of hydrogen-bond acceptors (Lipinski definition) is 4. The summed E-state index contributed by atoms with van der Waals surface area (Å²) in [7, 11) is 1.70. The second-order valence-electron chi connectivity index (χ2n) is 3.40. The van der Waals surface area contributed by atoms with Crippen molar-refractivity contribution in [3.63, 3.8) is 0 Å². The number of carboxylic acid groups (broad SMARTS) is 1. The van der Waals surface area contributed by atoms with E-state index in [1.54, 1.807) is 16.8 Å². The summed E-state index contributed by atoms with van der Waals surface area (Å²) < 4.78 is 0. The molecule has 80 valence electrons. The Bertz CT molecular complexity index is 243. The standard InChI is InChI=1S/C8H14N2O4/c1-9-2-3-10(5-7(9)12)4-6(11)8(13)14/h6,11H,2-5H2,1H3,(H,13,14). The lowest BCUT2D eigenvalue weighted by molar-refractivity contribution is -0.149. The molecule has 1 fully saturated rings. The molecule has 1 heterocycles. The summed E-state index contributed by atoms with van der Waals surface area (Å²) >= 11 is 0. The van der Waals surface area contributed by atoms with E-state index in [0.29, 0.717) is 13.1 Å². The quantitative estimate of drug-likeness (QED) is 0.564. The van der Waals surface area contributed by atoms with E-state index in [4.69, 9.17) is 10.2 Å². The van der Waals surface area contributed by atoms with Crippen LogP contribution in [-0.4, -0.2) is 71.2 Å². The minimum atomic E-state index is -1.41. The number of hydrogen-bond donors (Lipinski definition) is 2. The third-order valence-electron chi connectivity index (χ3n) is 2.25. The number of aliphatic hydroxyl groups excluding tert-OH is 1. The molecule has 6 nitrogen and oxygen atoms in total. The van der Waals surface area contributed by atoms with Crippen molar-refractivity contribution in [1.82, 2.24) is 9.80 Å². The van der Waals surface area contributed by atoms with Crippen molar-refractivity contribution >= 4 is 11.9 Å². The van der Waals surface area contributed by atoms with Gasteiger partial charge in [0.25, 0.3) is 0 Å². The van der Waals surface area contributed by atoms with Crippen LogP contribution in [0.2, 0.25) is 0 Å². The van der Waals surface area contributed by atoms with E-state index in [9.17, 15) is 9.59 Å². The zero-order valence-corrected chi connectivity index (χ0v) is 8.01. The Labute approximate surface area is 81.7 Å². The molecular weight excluding hydrogens is 188 g/mol. The molecule has 0 spiro atoms.